The molecule has 1 aromatic heterocycles. The van der Waals surface area contributed by atoms with E-state index in [2.05, 4.69) is 0 Å². The number of halogens is 1. The highest BCUT2D eigenvalue weighted by atomic mass is 35.5. The Bertz CT molecular complexity index is 606. The van der Waals surface area contributed by atoms with Crippen LogP contribution in [0.3, 0.4) is 0 Å². The number of para-hydroxylation sites is 1. The summed E-state index contributed by atoms with van der Waals surface area (Å²) in [6.45, 7) is 2.40. The van der Waals surface area contributed by atoms with E-state index in [1.807, 2.05) is 17.9 Å². The van der Waals surface area contributed by atoms with Crippen LogP contribution in [0.1, 0.15) is 21.7 Å². The van der Waals surface area contributed by atoms with Crippen molar-refractivity contribution >= 4 is 23.3 Å². The molecule has 0 saturated carbocycles. The Hall–Kier alpha value is -1.94. The van der Waals surface area contributed by atoms with Gasteiger partial charge in [-0.25, -0.2) is 4.79 Å². The van der Waals surface area contributed by atoms with Crippen LogP contribution in [-0.2, 0) is 6.54 Å². The molecule has 2 rings (SSSR count). The van der Waals surface area contributed by atoms with Gasteiger partial charge in [0, 0.05) is 19.2 Å². The van der Waals surface area contributed by atoms with E-state index in [1.54, 1.807) is 31.5 Å². The monoisotopic (exact) mass is 279 g/mol. The van der Waals surface area contributed by atoms with Crippen molar-refractivity contribution in [1.29, 1.82) is 0 Å². The van der Waals surface area contributed by atoms with Crippen LogP contribution in [0.2, 0.25) is 5.02 Å². The second-order valence-electron chi connectivity index (χ2n) is 4.30. The number of anilines is 1. The van der Waals surface area contributed by atoms with Gasteiger partial charge in [-0.05, 0) is 25.1 Å². The van der Waals surface area contributed by atoms with E-state index in [4.69, 9.17) is 16.0 Å². The summed E-state index contributed by atoms with van der Waals surface area (Å²) < 4.78 is 5.23. The molecule has 4 nitrogen and oxygen atoms in total. The van der Waals surface area contributed by atoms with Crippen LogP contribution in [0.4, 0.5) is 5.69 Å². The van der Waals surface area contributed by atoms with E-state index in [-0.39, 0.29) is 5.56 Å². The van der Waals surface area contributed by atoms with Gasteiger partial charge < -0.3 is 14.4 Å². The summed E-state index contributed by atoms with van der Waals surface area (Å²) in [6.07, 6.45) is 1.61. The number of aryl methyl sites for hydroxylation is 1. The van der Waals surface area contributed by atoms with Gasteiger partial charge in [0.25, 0.3) is 0 Å². The lowest BCUT2D eigenvalue weighted by Gasteiger charge is -2.22. The summed E-state index contributed by atoms with van der Waals surface area (Å²) in [7, 11) is 1.81. The normalized spacial score (nSPS) is 10.5. The molecule has 0 radical (unpaired) electrons. The van der Waals surface area contributed by atoms with Gasteiger partial charge in [-0.3, -0.25) is 0 Å². The second-order valence-corrected chi connectivity index (χ2v) is 4.71. The van der Waals surface area contributed by atoms with Gasteiger partial charge in [-0.15, -0.1) is 0 Å². The van der Waals surface area contributed by atoms with Gasteiger partial charge in [0.2, 0.25) is 0 Å². The first-order valence-corrected chi connectivity index (χ1v) is 6.14. The summed E-state index contributed by atoms with van der Waals surface area (Å²) in [4.78, 5) is 13.1. The topological polar surface area (TPSA) is 53.7 Å². The molecule has 19 heavy (non-hydrogen) atoms. The smallest absolute Gasteiger partial charge is 0.337 e. The number of carboxylic acids is 1. The van der Waals surface area contributed by atoms with E-state index in [0.717, 1.165) is 11.3 Å². The van der Waals surface area contributed by atoms with Crippen LogP contribution in [0.25, 0.3) is 0 Å². The van der Waals surface area contributed by atoms with Crippen LogP contribution in [-0.4, -0.2) is 18.1 Å². The SMILES string of the molecule is Cc1occc1CN(C)c1c(Cl)cccc1C(=O)O. The second kappa shape index (κ2) is 5.36. The fraction of sp³-hybridized carbons (Fsp3) is 0.214. The summed E-state index contributed by atoms with van der Waals surface area (Å²) in [5.41, 5.74) is 1.70. The predicted molar refractivity (Wildman–Crippen MR) is 74.0 cm³/mol. The molecule has 0 aliphatic rings. The standard InChI is InChI=1S/C14H14ClNO3/c1-9-10(6-7-19-9)8-16(2)13-11(14(17)18)4-3-5-12(13)15/h3-7H,8H2,1-2H3,(H,17,18). The molecule has 0 bridgehead atoms. The van der Waals surface area contributed by atoms with Gasteiger partial charge in [-0.2, -0.15) is 0 Å². The highest BCUT2D eigenvalue weighted by Gasteiger charge is 2.17. The minimum atomic E-state index is -0.992. The van der Waals surface area contributed by atoms with E-state index < -0.39 is 5.97 Å². The number of aromatic carboxylic acids is 1. The fourth-order valence-electron chi connectivity index (χ4n) is 1.99. The average Bonchev–Trinajstić information content (AvgIpc) is 2.74. The van der Waals surface area contributed by atoms with Crippen LogP contribution < -0.4 is 4.90 Å². The van der Waals surface area contributed by atoms with Crippen LogP contribution >= 0.6 is 11.6 Å². The molecule has 0 spiro atoms. The van der Waals surface area contributed by atoms with Crippen molar-refractivity contribution in [3.63, 3.8) is 0 Å². The van der Waals surface area contributed by atoms with Crippen molar-refractivity contribution in [1.82, 2.24) is 0 Å². The number of carbonyl (C=O) groups is 1. The quantitative estimate of drug-likeness (QED) is 0.929. The van der Waals surface area contributed by atoms with Crippen molar-refractivity contribution in [2.75, 3.05) is 11.9 Å². The van der Waals surface area contributed by atoms with Crippen LogP contribution in [0.5, 0.6) is 0 Å². The summed E-state index contributed by atoms with van der Waals surface area (Å²) in [5.74, 6) is -0.177. The van der Waals surface area contributed by atoms with Gasteiger partial charge >= 0.3 is 5.97 Å². The van der Waals surface area contributed by atoms with E-state index in [1.165, 1.54) is 0 Å². The molecule has 0 fully saturated rings. The first kappa shape index (κ1) is 13.5. The van der Waals surface area contributed by atoms with Gasteiger partial charge in [0.05, 0.1) is 22.5 Å². The fourth-order valence-corrected chi connectivity index (χ4v) is 2.30. The lowest BCUT2D eigenvalue weighted by molar-refractivity contribution is 0.0697. The Morgan fingerprint density at radius 3 is 2.74 bits per heavy atom. The third-order valence-corrected chi connectivity index (χ3v) is 3.28. The summed E-state index contributed by atoms with van der Waals surface area (Å²) in [5, 5.41) is 9.64. The zero-order chi connectivity index (χ0) is 14.0. The third kappa shape index (κ3) is 2.74. The number of hydrogen-bond donors (Lipinski definition) is 1. The Morgan fingerprint density at radius 1 is 1.42 bits per heavy atom. The first-order chi connectivity index (χ1) is 9.00. The zero-order valence-corrected chi connectivity index (χ0v) is 11.4. The summed E-state index contributed by atoms with van der Waals surface area (Å²) in [6, 6.07) is 6.72. The number of benzene rings is 1. The van der Waals surface area contributed by atoms with E-state index in [0.29, 0.717) is 17.3 Å². The zero-order valence-electron chi connectivity index (χ0n) is 10.7. The number of carboxylic acid groups (broad SMARTS) is 1. The maximum absolute atomic E-state index is 11.2. The molecule has 0 unspecified atom stereocenters. The highest BCUT2D eigenvalue weighted by molar-refractivity contribution is 6.34. The molecule has 0 aliphatic carbocycles. The number of furan rings is 1. The molecule has 5 heteroatoms. The van der Waals surface area contributed by atoms with E-state index in [9.17, 15) is 9.90 Å². The third-order valence-electron chi connectivity index (χ3n) is 2.97. The van der Waals surface area contributed by atoms with Crippen molar-refractivity contribution in [2.24, 2.45) is 0 Å². The van der Waals surface area contributed by atoms with Crippen molar-refractivity contribution in [3.8, 4) is 0 Å². The molecule has 0 atom stereocenters. The van der Waals surface area contributed by atoms with E-state index >= 15 is 0 Å². The molecule has 100 valence electrons. The molecule has 2 aromatic rings. The highest BCUT2D eigenvalue weighted by Crippen LogP contribution is 2.30. The largest absolute Gasteiger partial charge is 0.478 e. The van der Waals surface area contributed by atoms with Crippen LogP contribution in [0.15, 0.2) is 34.9 Å². The molecule has 0 amide bonds. The van der Waals surface area contributed by atoms with Crippen molar-refractivity contribution < 1.29 is 14.3 Å². The Kier molecular flexibility index (Phi) is 3.81. The van der Waals surface area contributed by atoms with Gasteiger partial charge in [0.15, 0.2) is 0 Å². The molecule has 1 heterocycles. The van der Waals surface area contributed by atoms with Gasteiger partial charge in [-0.1, -0.05) is 17.7 Å². The molecular formula is C14H14ClNO3. The molecule has 0 aliphatic heterocycles. The Morgan fingerprint density at radius 2 is 2.16 bits per heavy atom. The number of rotatable bonds is 4. The molecule has 0 saturated heterocycles. The molecule has 1 aromatic carbocycles. The minimum absolute atomic E-state index is 0.191. The molecule has 1 N–H and O–H groups in total. The maximum Gasteiger partial charge on any atom is 0.337 e. The number of nitrogens with zero attached hydrogens (tertiary/aromatic N) is 1. The predicted octanol–water partition coefficient (Wildman–Crippen LogP) is 3.58. The Balaban J connectivity index is 2.36. The minimum Gasteiger partial charge on any atom is -0.478 e. The Labute approximate surface area is 116 Å². The average molecular weight is 280 g/mol. The van der Waals surface area contributed by atoms with Crippen molar-refractivity contribution in [3.05, 3.63) is 52.4 Å². The maximum atomic E-state index is 11.2. The van der Waals surface area contributed by atoms with Crippen molar-refractivity contribution in [2.45, 2.75) is 13.5 Å². The van der Waals surface area contributed by atoms with Gasteiger partial charge in [0.1, 0.15) is 5.76 Å². The molecular weight excluding hydrogens is 266 g/mol. The lowest BCUT2D eigenvalue weighted by Crippen LogP contribution is -2.20. The van der Waals surface area contributed by atoms with Crippen LogP contribution in [0, 0.1) is 6.92 Å². The lowest BCUT2D eigenvalue weighted by atomic mass is 10.1. The summed E-state index contributed by atoms with van der Waals surface area (Å²) >= 11 is 6.12. The number of hydrogen-bond acceptors (Lipinski definition) is 3. The first-order valence-electron chi connectivity index (χ1n) is 5.76.